The Bertz CT molecular complexity index is 436. The van der Waals surface area contributed by atoms with E-state index >= 15 is 0 Å². The Labute approximate surface area is 106 Å². The molecule has 100 valence electrons. The summed E-state index contributed by atoms with van der Waals surface area (Å²) in [4.78, 5) is 3.74. The third kappa shape index (κ3) is 2.40. The first kappa shape index (κ1) is 13.1. The average molecular weight is 255 g/mol. The van der Waals surface area contributed by atoms with Crippen LogP contribution in [0.3, 0.4) is 0 Å². The van der Waals surface area contributed by atoms with Crippen molar-refractivity contribution in [2.75, 3.05) is 11.1 Å². The fourth-order valence-corrected chi connectivity index (χ4v) is 2.79. The molecule has 0 amide bonds. The van der Waals surface area contributed by atoms with Crippen LogP contribution in [-0.4, -0.2) is 11.0 Å². The molecule has 0 radical (unpaired) electrons. The minimum atomic E-state index is -0.816. The zero-order chi connectivity index (χ0) is 13.3. The van der Waals surface area contributed by atoms with Gasteiger partial charge in [0.2, 0.25) is 0 Å². The van der Waals surface area contributed by atoms with Crippen LogP contribution in [0.5, 0.6) is 0 Å². The molecule has 1 saturated carbocycles. The maximum atomic E-state index is 13.6. The molecule has 3 N–H and O–H groups in total. The van der Waals surface area contributed by atoms with Gasteiger partial charge in [-0.1, -0.05) is 20.3 Å². The maximum Gasteiger partial charge on any atom is 0.168 e. The van der Waals surface area contributed by atoms with Crippen molar-refractivity contribution in [1.82, 2.24) is 4.98 Å². The first-order chi connectivity index (χ1) is 8.52. The predicted octanol–water partition coefficient (Wildman–Crippen LogP) is 3.18. The van der Waals surface area contributed by atoms with E-state index in [4.69, 9.17) is 5.73 Å². The molecule has 0 spiro atoms. The van der Waals surface area contributed by atoms with E-state index in [1.54, 1.807) is 0 Å². The number of halogens is 2. The van der Waals surface area contributed by atoms with E-state index in [0.717, 1.165) is 25.3 Å². The predicted molar refractivity (Wildman–Crippen MR) is 68.2 cm³/mol. The van der Waals surface area contributed by atoms with Crippen molar-refractivity contribution < 1.29 is 8.78 Å². The van der Waals surface area contributed by atoms with Gasteiger partial charge >= 0.3 is 0 Å². The number of anilines is 2. The monoisotopic (exact) mass is 255 g/mol. The second-order valence-electron chi connectivity index (χ2n) is 5.04. The highest BCUT2D eigenvalue weighted by Gasteiger charge is 2.32. The van der Waals surface area contributed by atoms with E-state index in [1.165, 1.54) is 0 Å². The van der Waals surface area contributed by atoms with Gasteiger partial charge in [0.05, 0.1) is 0 Å². The zero-order valence-electron chi connectivity index (χ0n) is 10.7. The SMILES string of the molecule is CCC1CCC(Nc2nc(N)c(F)cc2F)C1C. The lowest BCUT2D eigenvalue weighted by atomic mass is 9.93. The van der Waals surface area contributed by atoms with Crippen molar-refractivity contribution in [3.8, 4) is 0 Å². The number of hydrogen-bond acceptors (Lipinski definition) is 3. The molecule has 1 heterocycles. The topological polar surface area (TPSA) is 50.9 Å². The van der Waals surface area contributed by atoms with Crippen LogP contribution in [0.4, 0.5) is 20.4 Å². The molecule has 3 nitrogen and oxygen atoms in total. The van der Waals surface area contributed by atoms with Gasteiger partial charge < -0.3 is 11.1 Å². The standard InChI is InChI=1S/C13H19F2N3/c1-3-8-4-5-11(7(8)2)17-13-10(15)6-9(14)12(16)18-13/h6-8,11H,3-5H2,1-2H3,(H3,16,17,18). The van der Waals surface area contributed by atoms with Gasteiger partial charge in [0.1, 0.15) is 0 Å². The highest BCUT2D eigenvalue weighted by Crippen LogP contribution is 2.35. The molecule has 0 aromatic carbocycles. The fourth-order valence-electron chi connectivity index (χ4n) is 2.79. The first-order valence-electron chi connectivity index (χ1n) is 6.41. The number of nitrogen functional groups attached to an aromatic ring is 1. The Kier molecular flexibility index (Phi) is 3.68. The van der Waals surface area contributed by atoms with Gasteiger partial charge in [-0.25, -0.2) is 13.8 Å². The van der Waals surface area contributed by atoms with E-state index in [2.05, 4.69) is 24.1 Å². The van der Waals surface area contributed by atoms with Crippen LogP contribution in [0.25, 0.3) is 0 Å². The van der Waals surface area contributed by atoms with Crippen LogP contribution in [0.2, 0.25) is 0 Å². The zero-order valence-corrected chi connectivity index (χ0v) is 10.7. The van der Waals surface area contributed by atoms with Gasteiger partial charge in [0.25, 0.3) is 0 Å². The van der Waals surface area contributed by atoms with Crippen molar-refractivity contribution in [3.05, 3.63) is 17.7 Å². The van der Waals surface area contributed by atoms with Gasteiger partial charge in [-0.15, -0.1) is 0 Å². The number of aromatic nitrogens is 1. The molecule has 1 aromatic heterocycles. The molecule has 2 rings (SSSR count). The Morgan fingerprint density at radius 3 is 2.72 bits per heavy atom. The maximum absolute atomic E-state index is 13.6. The van der Waals surface area contributed by atoms with Crippen molar-refractivity contribution in [2.24, 2.45) is 11.8 Å². The number of nitrogens with zero attached hydrogens (tertiary/aromatic N) is 1. The van der Waals surface area contributed by atoms with Crippen LogP contribution in [0.1, 0.15) is 33.1 Å². The Balaban J connectivity index is 2.13. The summed E-state index contributed by atoms with van der Waals surface area (Å²) in [5.41, 5.74) is 5.36. The molecule has 5 heteroatoms. The molecule has 1 aromatic rings. The highest BCUT2D eigenvalue weighted by atomic mass is 19.1. The second-order valence-corrected chi connectivity index (χ2v) is 5.04. The summed E-state index contributed by atoms with van der Waals surface area (Å²) < 4.78 is 26.6. The Morgan fingerprint density at radius 2 is 2.11 bits per heavy atom. The molecule has 3 atom stereocenters. The van der Waals surface area contributed by atoms with Crippen LogP contribution < -0.4 is 11.1 Å². The van der Waals surface area contributed by atoms with Crippen molar-refractivity contribution in [2.45, 2.75) is 39.2 Å². The molecular formula is C13H19F2N3. The summed E-state index contributed by atoms with van der Waals surface area (Å²) >= 11 is 0. The van der Waals surface area contributed by atoms with Gasteiger partial charge in [0.15, 0.2) is 23.3 Å². The van der Waals surface area contributed by atoms with Crippen LogP contribution in [0.15, 0.2) is 6.07 Å². The highest BCUT2D eigenvalue weighted by molar-refractivity contribution is 5.45. The summed E-state index contributed by atoms with van der Waals surface area (Å²) in [6, 6.07) is 0.962. The minimum absolute atomic E-state index is 0.0579. The largest absolute Gasteiger partial charge is 0.381 e. The lowest BCUT2D eigenvalue weighted by Crippen LogP contribution is -2.26. The van der Waals surface area contributed by atoms with E-state index in [0.29, 0.717) is 11.8 Å². The Morgan fingerprint density at radius 1 is 1.39 bits per heavy atom. The molecule has 0 bridgehead atoms. The van der Waals surface area contributed by atoms with Crippen molar-refractivity contribution in [1.29, 1.82) is 0 Å². The number of nitrogens with two attached hydrogens (primary N) is 1. The summed E-state index contributed by atoms with van der Waals surface area (Å²) in [5, 5.41) is 3.06. The van der Waals surface area contributed by atoms with Crippen LogP contribution in [0, 0.1) is 23.5 Å². The summed E-state index contributed by atoms with van der Waals surface area (Å²) in [6.45, 7) is 4.32. The first-order valence-corrected chi connectivity index (χ1v) is 6.41. The van der Waals surface area contributed by atoms with Gasteiger partial charge in [-0.05, 0) is 24.7 Å². The minimum Gasteiger partial charge on any atom is -0.381 e. The molecule has 3 unspecified atom stereocenters. The second kappa shape index (κ2) is 5.08. The van der Waals surface area contributed by atoms with E-state index in [1.807, 2.05) is 0 Å². The third-order valence-electron chi connectivity index (χ3n) is 4.03. The van der Waals surface area contributed by atoms with Crippen molar-refractivity contribution >= 4 is 11.6 Å². The quantitative estimate of drug-likeness (QED) is 0.872. The van der Waals surface area contributed by atoms with E-state index < -0.39 is 11.6 Å². The number of hydrogen-bond donors (Lipinski definition) is 2. The lowest BCUT2D eigenvalue weighted by Gasteiger charge is -2.21. The number of rotatable bonds is 3. The third-order valence-corrected chi connectivity index (χ3v) is 4.03. The molecular weight excluding hydrogens is 236 g/mol. The van der Waals surface area contributed by atoms with Gasteiger partial charge in [0, 0.05) is 12.1 Å². The van der Waals surface area contributed by atoms with Gasteiger partial charge in [-0.3, -0.25) is 0 Å². The fraction of sp³-hybridized carbons (Fsp3) is 0.615. The van der Waals surface area contributed by atoms with E-state index in [-0.39, 0.29) is 17.7 Å². The van der Waals surface area contributed by atoms with Crippen molar-refractivity contribution in [3.63, 3.8) is 0 Å². The van der Waals surface area contributed by atoms with Crippen LogP contribution >= 0.6 is 0 Å². The van der Waals surface area contributed by atoms with Crippen LogP contribution in [-0.2, 0) is 0 Å². The average Bonchev–Trinajstić information content (AvgIpc) is 2.67. The number of nitrogens with one attached hydrogen (secondary N) is 1. The normalized spacial score (nSPS) is 27.4. The molecule has 0 aliphatic heterocycles. The summed E-state index contributed by atoms with van der Waals surface area (Å²) in [5.74, 6) is -0.595. The number of pyridine rings is 1. The lowest BCUT2D eigenvalue weighted by molar-refractivity contribution is 0.391. The smallest absolute Gasteiger partial charge is 0.168 e. The molecule has 1 aliphatic carbocycles. The summed E-state index contributed by atoms with van der Waals surface area (Å²) in [7, 11) is 0. The van der Waals surface area contributed by atoms with Gasteiger partial charge in [-0.2, -0.15) is 0 Å². The molecule has 18 heavy (non-hydrogen) atoms. The Hall–Kier alpha value is -1.39. The molecule has 1 fully saturated rings. The molecule has 1 aliphatic rings. The summed E-state index contributed by atoms with van der Waals surface area (Å²) in [6.07, 6.45) is 3.24. The van der Waals surface area contributed by atoms with E-state index in [9.17, 15) is 8.78 Å². The molecule has 0 saturated heterocycles.